The molecule has 1 heterocycles. The van der Waals surface area contributed by atoms with E-state index in [9.17, 15) is 4.79 Å². The van der Waals surface area contributed by atoms with E-state index >= 15 is 0 Å². The predicted octanol–water partition coefficient (Wildman–Crippen LogP) is 3.03. The third kappa shape index (κ3) is 2.48. The van der Waals surface area contributed by atoms with Crippen LogP contribution in [0.15, 0.2) is 24.3 Å². The van der Waals surface area contributed by atoms with E-state index in [0.717, 1.165) is 42.3 Å². The molecule has 0 bridgehead atoms. The number of fused-ring (bicyclic) bond motifs is 1. The van der Waals surface area contributed by atoms with Crippen molar-refractivity contribution in [2.24, 2.45) is 7.05 Å². The van der Waals surface area contributed by atoms with Gasteiger partial charge >= 0.3 is 0 Å². The summed E-state index contributed by atoms with van der Waals surface area (Å²) >= 11 is 0. The molecule has 1 fully saturated rings. The average Bonchev–Trinajstić information content (AvgIpc) is 2.85. The van der Waals surface area contributed by atoms with Gasteiger partial charge in [-0.05, 0) is 18.9 Å². The minimum absolute atomic E-state index is 0.175. The first-order valence-corrected chi connectivity index (χ1v) is 7.65. The van der Waals surface area contributed by atoms with Crippen LogP contribution in [0.2, 0.25) is 0 Å². The van der Waals surface area contributed by atoms with Crippen molar-refractivity contribution in [1.29, 1.82) is 0 Å². The molecular formula is C17H22N2O2. The Bertz CT molecular complexity index is 654. The number of rotatable bonds is 4. The Morgan fingerprint density at radius 1 is 1.29 bits per heavy atom. The minimum Gasteiger partial charge on any atom is -0.370 e. The van der Waals surface area contributed by atoms with E-state index < -0.39 is 5.60 Å². The highest BCUT2D eigenvalue weighted by Crippen LogP contribution is 2.33. The van der Waals surface area contributed by atoms with Gasteiger partial charge in [-0.15, -0.1) is 0 Å². The highest BCUT2D eigenvalue weighted by atomic mass is 16.5. The number of para-hydroxylation sites is 1. The maximum atomic E-state index is 12.8. The van der Waals surface area contributed by atoms with Gasteiger partial charge in [-0.2, -0.15) is 5.10 Å². The van der Waals surface area contributed by atoms with Crippen molar-refractivity contribution in [3.8, 4) is 0 Å². The molecule has 4 heteroatoms. The summed E-state index contributed by atoms with van der Waals surface area (Å²) in [6.45, 7) is 0. The van der Waals surface area contributed by atoms with Gasteiger partial charge in [-0.1, -0.05) is 37.5 Å². The predicted molar refractivity (Wildman–Crippen MR) is 82.3 cm³/mol. The fourth-order valence-electron chi connectivity index (χ4n) is 3.45. The lowest BCUT2D eigenvalue weighted by Gasteiger charge is -2.34. The summed E-state index contributed by atoms with van der Waals surface area (Å²) in [4.78, 5) is 12.8. The molecule has 1 aliphatic carbocycles. The lowest BCUT2D eigenvalue weighted by molar-refractivity contribution is -0.144. The van der Waals surface area contributed by atoms with Gasteiger partial charge in [0.25, 0.3) is 0 Å². The van der Waals surface area contributed by atoms with E-state index in [1.54, 1.807) is 7.11 Å². The molecule has 112 valence electrons. The first-order chi connectivity index (χ1) is 10.2. The molecule has 1 aliphatic rings. The largest absolute Gasteiger partial charge is 0.370 e. The van der Waals surface area contributed by atoms with E-state index in [4.69, 9.17) is 4.74 Å². The van der Waals surface area contributed by atoms with Crippen LogP contribution in [0.3, 0.4) is 0 Å². The van der Waals surface area contributed by atoms with Gasteiger partial charge in [0.05, 0.1) is 17.6 Å². The fraction of sp³-hybridized carbons (Fsp3) is 0.529. The number of hydrogen-bond donors (Lipinski definition) is 0. The molecule has 1 saturated carbocycles. The number of Topliss-reactive ketones (excluding diaryl/α,β-unsaturated/α-hetero) is 1. The van der Waals surface area contributed by atoms with Gasteiger partial charge in [-0.3, -0.25) is 9.48 Å². The summed E-state index contributed by atoms with van der Waals surface area (Å²) in [6, 6.07) is 8.05. The van der Waals surface area contributed by atoms with Gasteiger partial charge in [0, 0.05) is 19.5 Å². The Morgan fingerprint density at radius 3 is 2.71 bits per heavy atom. The normalized spacial score (nSPS) is 18.0. The zero-order valence-electron chi connectivity index (χ0n) is 12.8. The minimum atomic E-state index is -0.586. The molecule has 0 amide bonds. The van der Waals surface area contributed by atoms with Crippen LogP contribution in [0, 0.1) is 0 Å². The summed E-state index contributed by atoms with van der Waals surface area (Å²) < 4.78 is 7.49. The first-order valence-electron chi connectivity index (χ1n) is 7.65. The molecule has 21 heavy (non-hydrogen) atoms. The molecule has 0 saturated heterocycles. The van der Waals surface area contributed by atoms with Crippen molar-refractivity contribution < 1.29 is 9.53 Å². The molecule has 2 aromatic rings. The van der Waals surface area contributed by atoms with Crippen LogP contribution in [0.5, 0.6) is 0 Å². The van der Waals surface area contributed by atoms with E-state index in [-0.39, 0.29) is 5.78 Å². The van der Waals surface area contributed by atoms with E-state index in [1.807, 2.05) is 36.0 Å². The number of hydrogen-bond acceptors (Lipinski definition) is 3. The number of benzene rings is 1. The van der Waals surface area contributed by atoms with Crippen LogP contribution in [-0.4, -0.2) is 28.3 Å². The Hall–Kier alpha value is -1.68. The maximum absolute atomic E-state index is 12.8. The molecule has 0 radical (unpaired) electrons. The van der Waals surface area contributed by atoms with Crippen LogP contribution in [-0.2, 0) is 23.0 Å². The number of methoxy groups -OCH3 is 1. The number of aromatic nitrogens is 2. The Kier molecular flexibility index (Phi) is 3.81. The van der Waals surface area contributed by atoms with Crippen molar-refractivity contribution in [2.45, 2.75) is 44.1 Å². The van der Waals surface area contributed by atoms with Gasteiger partial charge in [-0.25, -0.2) is 0 Å². The lowest BCUT2D eigenvalue weighted by atomic mass is 9.80. The van der Waals surface area contributed by atoms with Crippen molar-refractivity contribution in [1.82, 2.24) is 9.78 Å². The number of carbonyl (C=O) groups is 1. The number of carbonyl (C=O) groups excluding carboxylic acids is 1. The highest BCUT2D eigenvalue weighted by Gasteiger charge is 2.39. The van der Waals surface area contributed by atoms with E-state index in [0.29, 0.717) is 6.42 Å². The van der Waals surface area contributed by atoms with E-state index in [1.165, 1.54) is 6.42 Å². The lowest BCUT2D eigenvalue weighted by Crippen LogP contribution is -2.43. The summed E-state index contributed by atoms with van der Waals surface area (Å²) in [5.41, 5.74) is 1.34. The average molecular weight is 286 g/mol. The van der Waals surface area contributed by atoms with Crippen molar-refractivity contribution in [3.63, 3.8) is 0 Å². The van der Waals surface area contributed by atoms with Crippen LogP contribution in [0.25, 0.3) is 10.9 Å². The molecule has 4 nitrogen and oxygen atoms in total. The third-order valence-electron chi connectivity index (χ3n) is 4.72. The Labute approximate surface area is 125 Å². The molecule has 0 N–H and O–H groups in total. The number of ketones is 1. The molecule has 0 unspecified atom stereocenters. The second kappa shape index (κ2) is 5.60. The zero-order chi connectivity index (χ0) is 14.9. The van der Waals surface area contributed by atoms with Crippen LogP contribution in [0.1, 0.15) is 37.8 Å². The molecule has 0 aliphatic heterocycles. The molecule has 1 aromatic carbocycles. The maximum Gasteiger partial charge on any atom is 0.170 e. The van der Waals surface area contributed by atoms with Crippen LogP contribution in [0.4, 0.5) is 0 Å². The summed E-state index contributed by atoms with van der Waals surface area (Å²) in [6.07, 6.45) is 5.38. The third-order valence-corrected chi connectivity index (χ3v) is 4.72. The molecular weight excluding hydrogens is 264 g/mol. The molecule has 3 rings (SSSR count). The smallest absolute Gasteiger partial charge is 0.170 e. The molecule has 0 spiro atoms. The topological polar surface area (TPSA) is 44.1 Å². The van der Waals surface area contributed by atoms with Crippen LogP contribution >= 0.6 is 0 Å². The molecule has 0 atom stereocenters. The van der Waals surface area contributed by atoms with Gasteiger partial charge < -0.3 is 4.74 Å². The summed E-state index contributed by atoms with van der Waals surface area (Å²) in [7, 11) is 3.59. The first kappa shape index (κ1) is 14.3. The highest BCUT2D eigenvalue weighted by molar-refractivity contribution is 5.93. The fourth-order valence-corrected chi connectivity index (χ4v) is 3.45. The monoisotopic (exact) mass is 286 g/mol. The molecule has 1 aromatic heterocycles. The summed E-state index contributed by atoms with van der Waals surface area (Å²) in [5.74, 6) is 0.175. The number of aryl methyl sites for hydroxylation is 1. The van der Waals surface area contributed by atoms with Crippen molar-refractivity contribution in [2.75, 3.05) is 7.11 Å². The van der Waals surface area contributed by atoms with E-state index in [2.05, 4.69) is 5.10 Å². The van der Waals surface area contributed by atoms with Crippen molar-refractivity contribution in [3.05, 3.63) is 30.0 Å². The van der Waals surface area contributed by atoms with Crippen molar-refractivity contribution >= 4 is 16.7 Å². The van der Waals surface area contributed by atoms with Crippen LogP contribution < -0.4 is 0 Å². The standard InChI is InChI=1S/C17H22N2O2/c1-19-15-9-5-4-8-13(15)14(18-19)12-16(20)17(21-2)10-6-3-7-11-17/h4-5,8-9H,3,6-7,10-12H2,1-2H3. The SMILES string of the molecule is COC1(C(=O)Cc2nn(C)c3ccccc23)CCCCC1. The zero-order valence-corrected chi connectivity index (χ0v) is 12.8. The number of ether oxygens (including phenoxy) is 1. The number of nitrogens with zero attached hydrogens (tertiary/aromatic N) is 2. The second-order valence-corrected chi connectivity index (χ2v) is 5.95. The summed E-state index contributed by atoms with van der Waals surface area (Å²) in [5, 5.41) is 5.60. The quantitative estimate of drug-likeness (QED) is 0.867. The second-order valence-electron chi connectivity index (χ2n) is 5.95. The van der Waals surface area contributed by atoms with Gasteiger partial charge in [0.15, 0.2) is 5.78 Å². The Balaban J connectivity index is 1.89. The Morgan fingerprint density at radius 2 is 2.00 bits per heavy atom. The van der Waals surface area contributed by atoms with Gasteiger partial charge in [0.2, 0.25) is 0 Å². The van der Waals surface area contributed by atoms with Gasteiger partial charge in [0.1, 0.15) is 5.60 Å².